The van der Waals surface area contributed by atoms with E-state index < -0.39 is 0 Å². The molecule has 1 aromatic rings. The van der Waals surface area contributed by atoms with Crippen molar-refractivity contribution in [2.24, 2.45) is 5.92 Å². The first-order chi connectivity index (χ1) is 8.93. The lowest BCUT2D eigenvalue weighted by Gasteiger charge is -2.23. The van der Waals surface area contributed by atoms with Gasteiger partial charge in [-0.3, -0.25) is 4.79 Å². The first-order valence-electron chi connectivity index (χ1n) is 7.19. The molecule has 0 fully saturated rings. The standard InChI is InChI=1S/C17H26O2/c1-7-15(18)17(11(3)4)14-9-10-16(19-8-2)13(6)12(14)5/h9-11,17H,7-8H2,1-6H3. The maximum Gasteiger partial charge on any atom is 0.140 e. The summed E-state index contributed by atoms with van der Waals surface area (Å²) in [4.78, 5) is 12.2. The Bertz CT molecular complexity index is 447. The molecular weight excluding hydrogens is 236 g/mol. The second-order valence-electron chi connectivity index (χ2n) is 5.38. The van der Waals surface area contributed by atoms with Crippen molar-refractivity contribution < 1.29 is 9.53 Å². The lowest BCUT2D eigenvalue weighted by molar-refractivity contribution is -0.121. The number of ether oxygens (including phenoxy) is 1. The SMILES string of the molecule is CCOc1ccc(C(C(=O)CC)C(C)C)c(C)c1C. The van der Waals surface area contributed by atoms with E-state index in [4.69, 9.17) is 4.74 Å². The molecule has 106 valence electrons. The predicted molar refractivity (Wildman–Crippen MR) is 80.0 cm³/mol. The van der Waals surface area contributed by atoms with Gasteiger partial charge in [-0.05, 0) is 49.4 Å². The maximum atomic E-state index is 12.2. The zero-order valence-corrected chi connectivity index (χ0v) is 13.0. The third-order valence-electron chi connectivity index (χ3n) is 3.78. The van der Waals surface area contributed by atoms with Crippen LogP contribution in [-0.2, 0) is 4.79 Å². The highest BCUT2D eigenvalue weighted by Gasteiger charge is 2.25. The van der Waals surface area contributed by atoms with Crippen molar-refractivity contribution in [2.75, 3.05) is 6.61 Å². The fourth-order valence-electron chi connectivity index (χ4n) is 2.59. The van der Waals surface area contributed by atoms with Gasteiger partial charge in [-0.15, -0.1) is 0 Å². The second-order valence-corrected chi connectivity index (χ2v) is 5.38. The van der Waals surface area contributed by atoms with Crippen LogP contribution in [0.5, 0.6) is 5.75 Å². The number of benzene rings is 1. The summed E-state index contributed by atoms with van der Waals surface area (Å²) in [5, 5.41) is 0. The third-order valence-corrected chi connectivity index (χ3v) is 3.78. The number of Topliss-reactive ketones (excluding diaryl/α,β-unsaturated/α-hetero) is 1. The van der Waals surface area contributed by atoms with Crippen molar-refractivity contribution in [2.45, 2.75) is 53.9 Å². The molecule has 0 amide bonds. The molecule has 0 saturated heterocycles. The molecule has 1 rings (SSSR count). The van der Waals surface area contributed by atoms with Gasteiger partial charge in [0.2, 0.25) is 0 Å². The summed E-state index contributed by atoms with van der Waals surface area (Å²) < 4.78 is 5.61. The van der Waals surface area contributed by atoms with Crippen LogP contribution < -0.4 is 4.74 Å². The molecule has 0 bridgehead atoms. The lowest BCUT2D eigenvalue weighted by Crippen LogP contribution is -2.19. The highest BCUT2D eigenvalue weighted by Crippen LogP contribution is 2.33. The van der Waals surface area contributed by atoms with E-state index in [1.807, 2.05) is 19.9 Å². The fraction of sp³-hybridized carbons (Fsp3) is 0.588. The van der Waals surface area contributed by atoms with Crippen LogP contribution in [0.4, 0.5) is 0 Å². The minimum absolute atomic E-state index is 0.000577. The van der Waals surface area contributed by atoms with E-state index in [0.717, 1.165) is 16.9 Å². The van der Waals surface area contributed by atoms with E-state index >= 15 is 0 Å². The molecule has 0 aliphatic rings. The average Bonchev–Trinajstić information content (AvgIpc) is 2.37. The van der Waals surface area contributed by atoms with E-state index in [9.17, 15) is 4.79 Å². The largest absolute Gasteiger partial charge is 0.494 e. The summed E-state index contributed by atoms with van der Waals surface area (Å²) in [6.45, 7) is 13.0. The third kappa shape index (κ3) is 3.37. The van der Waals surface area contributed by atoms with Crippen molar-refractivity contribution >= 4 is 5.78 Å². The number of hydrogen-bond acceptors (Lipinski definition) is 2. The Morgan fingerprint density at radius 3 is 2.26 bits per heavy atom. The number of hydrogen-bond donors (Lipinski definition) is 0. The highest BCUT2D eigenvalue weighted by molar-refractivity contribution is 5.86. The molecule has 0 aliphatic heterocycles. The summed E-state index contributed by atoms with van der Waals surface area (Å²) in [5.41, 5.74) is 3.49. The monoisotopic (exact) mass is 262 g/mol. The Kier molecular flexibility index (Phi) is 5.59. The number of carbonyl (C=O) groups excluding carboxylic acids is 1. The van der Waals surface area contributed by atoms with Crippen LogP contribution in [0, 0.1) is 19.8 Å². The molecule has 19 heavy (non-hydrogen) atoms. The molecule has 0 radical (unpaired) electrons. The van der Waals surface area contributed by atoms with Gasteiger partial charge in [0.15, 0.2) is 0 Å². The van der Waals surface area contributed by atoms with Gasteiger partial charge in [-0.1, -0.05) is 26.8 Å². The topological polar surface area (TPSA) is 26.3 Å². The molecule has 2 nitrogen and oxygen atoms in total. The average molecular weight is 262 g/mol. The van der Waals surface area contributed by atoms with Gasteiger partial charge < -0.3 is 4.74 Å². The van der Waals surface area contributed by atoms with Crippen LogP contribution in [0.15, 0.2) is 12.1 Å². The van der Waals surface area contributed by atoms with Crippen LogP contribution in [0.25, 0.3) is 0 Å². The predicted octanol–water partition coefficient (Wildman–Crippen LogP) is 4.42. The van der Waals surface area contributed by atoms with Gasteiger partial charge in [-0.25, -0.2) is 0 Å². The summed E-state index contributed by atoms with van der Waals surface area (Å²) in [6.07, 6.45) is 0.592. The lowest BCUT2D eigenvalue weighted by atomic mass is 9.81. The van der Waals surface area contributed by atoms with Crippen LogP contribution in [0.2, 0.25) is 0 Å². The molecule has 0 N–H and O–H groups in total. The minimum Gasteiger partial charge on any atom is -0.494 e. The summed E-state index contributed by atoms with van der Waals surface area (Å²) in [5.74, 6) is 1.57. The van der Waals surface area contributed by atoms with Crippen molar-refractivity contribution in [1.82, 2.24) is 0 Å². The Morgan fingerprint density at radius 2 is 1.79 bits per heavy atom. The number of rotatable bonds is 6. The van der Waals surface area contributed by atoms with E-state index in [2.05, 4.69) is 33.8 Å². The Morgan fingerprint density at radius 1 is 1.16 bits per heavy atom. The molecule has 1 unspecified atom stereocenters. The van der Waals surface area contributed by atoms with Crippen molar-refractivity contribution in [3.8, 4) is 5.75 Å². The Labute approximate surface area is 117 Å². The number of carbonyl (C=O) groups is 1. The van der Waals surface area contributed by atoms with Crippen LogP contribution in [0.1, 0.15) is 56.7 Å². The molecular formula is C17H26O2. The molecule has 0 aliphatic carbocycles. The van der Waals surface area contributed by atoms with E-state index in [0.29, 0.717) is 24.7 Å². The van der Waals surface area contributed by atoms with E-state index in [1.165, 1.54) is 5.56 Å². The summed E-state index contributed by atoms with van der Waals surface area (Å²) in [7, 11) is 0. The molecule has 1 aromatic carbocycles. The fourth-order valence-corrected chi connectivity index (χ4v) is 2.59. The van der Waals surface area contributed by atoms with Gasteiger partial charge in [0, 0.05) is 12.3 Å². The summed E-state index contributed by atoms with van der Waals surface area (Å²) >= 11 is 0. The molecule has 0 aromatic heterocycles. The van der Waals surface area contributed by atoms with E-state index in [1.54, 1.807) is 0 Å². The zero-order chi connectivity index (χ0) is 14.6. The van der Waals surface area contributed by atoms with Crippen molar-refractivity contribution in [1.29, 1.82) is 0 Å². The van der Waals surface area contributed by atoms with Crippen LogP contribution in [-0.4, -0.2) is 12.4 Å². The van der Waals surface area contributed by atoms with Crippen molar-refractivity contribution in [3.63, 3.8) is 0 Å². The molecule has 0 heterocycles. The molecule has 2 heteroatoms. The molecule has 0 spiro atoms. The first-order valence-corrected chi connectivity index (χ1v) is 7.19. The van der Waals surface area contributed by atoms with Crippen LogP contribution >= 0.6 is 0 Å². The zero-order valence-electron chi connectivity index (χ0n) is 13.0. The van der Waals surface area contributed by atoms with Gasteiger partial charge in [0.25, 0.3) is 0 Å². The van der Waals surface area contributed by atoms with Crippen LogP contribution in [0.3, 0.4) is 0 Å². The second kappa shape index (κ2) is 6.74. The Hall–Kier alpha value is -1.31. The number of ketones is 1. The molecule has 1 atom stereocenters. The quantitative estimate of drug-likeness (QED) is 0.758. The van der Waals surface area contributed by atoms with Gasteiger partial charge in [0.05, 0.1) is 6.61 Å². The van der Waals surface area contributed by atoms with Gasteiger partial charge in [-0.2, -0.15) is 0 Å². The van der Waals surface area contributed by atoms with Crippen molar-refractivity contribution in [3.05, 3.63) is 28.8 Å². The highest BCUT2D eigenvalue weighted by atomic mass is 16.5. The van der Waals surface area contributed by atoms with Gasteiger partial charge in [0.1, 0.15) is 11.5 Å². The minimum atomic E-state index is -0.000577. The smallest absolute Gasteiger partial charge is 0.140 e. The normalized spacial score (nSPS) is 12.6. The summed E-state index contributed by atoms with van der Waals surface area (Å²) in [6, 6.07) is 4.06. The Balaban J connectivity index is 3.26. The maximum absolute atomic E-state index is 12.2. The molecule has 0 saturated carbocycles. The van der Waals surface area contributed by atoms with E-state index in [-0.39, 0.29) is 5.92 Å². The first kappa shape index (κ1) is 15.7. The van der Waals surface area contributed by atoms with Gasteiger partial charge >= 0.3 is 0 Å².